The molecule has 0 saturated carbocycles. The summed E-state index contributed by atoms with van der Waals surface area (Å²) in [6.07, 6.45) is 1.41. The fourth-order valence-corrected chi connectivity index (χ4v) is 0.977. The van der Waals surface area contributed by atoms with Gasteiger partial charge in [0.05, 0.1) is 0 Å². The van der Waals surface area contributed by atoms with Crippen molar-refractivity contribution in [3.05, 3.63) is 24.3 Å². The zero-order valence-electron chi connectivity index (χ0n) is 9.03. The van der Waals surface area contributed by atoms with Gasteiger partial charge in [0.1, 0.15) is 5.75 Å². The van der Waals surface area contributed by atoms with Crippen LogP contribution in [0.2, 0.25) is 0 Å². The minimum Gasteiger partial charge on any atom is -0.504 e. The number of ether oxygens (including phenoxy) is 1. The van der Waals surface area contributed by atoms with Crippen molar-refractivity contribution in [3.63, 3.8) is 0 Å². The summed E-state index contributed by atoms with van der Waals surface area (Å²) in [6, 6.07) is 2.42. The minimum absolute atomic E-state index is 0.169. The van der Waals surface area contributed by atoms with Gasteiger partial charge in [-0.2, -0.15) is 0 Å². The summed E-state index contributed by atoms with van der Waals surface area (Å²) in [5.41, 5.74) is 0.440. The summed E-state index contributed by atoms with van der Waals surface area (Å²) in [6.45, 7) is 4.73. The molecule has 88 valence electrons. The van der Waals surface area contributed by atoms with Gasteiger partial charge in [0, 0.05) is 18.6 Å². The minimum atomic E-state index is -0.502. The summed E-state index contributed by atoms with van der Waals surface area (Å²) >= 11 is 2.15. The van der Waals surface area contributed by atoms with Crippen LogP contribution in [0, 0.1) is 0 Å². The van der Waals surface area contributed by atoms with E-state index in [-0.39, 0.29) is 17.2 Å². The second-order valence-electron chi connectivity index (χ2n) is 2.68. The Balaban J connectivity index is 0.00000106. The Morgan fingerprint density at radius 3 is 2.31 bits per heavy atom. The molecule has 0 aliphatic carbocycles. The number of benzene rings is 1. The number of phenols is 2. The normalized spacial score (nSPS) is 8.69. The number of hydrogen-bond donors (Lipinski definition) is 2. The van der Waals surface area contributed by atoms with Crippen LogP contribution in [0.3, 0.4) is 0 Å². The van der Waals surface area contributed by atoms with Gasteiger partial charge in [0.2, 0.25) is 0 Å². The lowest BCUT2D eigenvalue weighted by molar-refractivity contribution is -0.131. The van der Waals surface area contributed by atoms with Crippen LogP contribution in [0.15, 0.2) is 18.7 Å². The van der Waals surface area contributed by atoms with E-state index in [1.807, 2.05) is 4.93 Å². The average molecular weight is 336 g/mol. The van der Waals surface area contributed by atoms with E-state index < -0.39 is 5.97 Å². The number of phenolic OH excluding ortho intramolecular Hbond substituents is 2. The van der Waals surface area contributed by atoms with Crippen LogP contribution < -0.4 is 4.74 Å². The number of carbonyl (C=O) groups is 1. The lowest BCUT2D eigenvalue weighted by atomic mass is 10.2. The predicted molar refractivity (Wildman–Crippen MR) is 71.1 cm³/mol. The van der Waals surface area contributed by atoms with Gasteiger partial charge in [0.15, 0.2) is 11.5 Å². The second-order valence-corrected chi connectivity index (χ2v) is 2.68. The molecule has 0 saturated heterocycles. The molecule has 0 heterocycles. The van der Waals surface area contributed by atoms with E-state index in [0.717, 1.165) is 6.07 Å². The van der Waals surface area contributed by atoms with Crippen molar-refractivity contribution >= 4 is 34.6 Å². The monoisotopic (exact) mass is 336 g/mol. The van der Waals surface area contributed by atoms with Crippen LogP contribution in [0.25, 0.3) is 6.08 Å². The van der Waals surface area contributed by atoms with Crippen molar-refractivity contribution in [3.8, 4) is 17.2 Å². The van der Waals surface area contributed by atoms with Gasteiger partial charge in [-0.05, 0) is 11.0 Å². The van der Waals surface area contributed by atoms with Gasteiger partial charge in [-0.15, -0.1) is 0 Å². The third-order valence-electron chi connectivity index (χ3n) is 1.58. The molecule has 16 heavy (non-hydrogen) atoms. The Bertz CT molecular complexity index is 388. The van der Waals surface area contributed by atoms with Crippen LogP contribution in [-0.4, -0.2) is 21.1 Å². The zero-order valence-corrected chi connectivity index (χ0v) is 11.2. The first kappa shape index (κ1) is 14.8. The molecule has 0 spiro atoms. The van der Waals surface area contributed by atoms with Crippen molar-refractivity contribution in [1.29, 1.82) is 0 Å². The highest BCUT2D eigenvalue weighted by Gasteiger charge is 2.09. The molecule has 0 radical (unpaired) electrons. The maximum Gasteiger partial charge on any atom is 0.308 e. The van der Waals surface area contributed by atoms with Crippen molar-refractivity contribution in [2.45, 2.75) is 6.92 Å². The van der Waals surface area contributed by atoms with E-state index >= 15 is 0 Å². The molecule has 1 rings (SSSR count). The number of alkyl halides is 1. The first-order valence-electron chi connectivity index (χ1n) is 4.29. The molecule has 0 amide bonds. The van der Waals surface area contributed by atoms with Gasteiger partial charge in [0.25, 0.3) is 0 Å². The molecular formula is C11H13IO4. The maximum absolute atomic E-state index is 10.7. The standard InChI is InChI=1S/C10H10O4.CH3I/c1-3-7-4-8(12)9(13)5-10(7)14-6(2)11;1-2/h3-5,12-13H,1H2,2H3;1H3. The fourth-order valence-electron chi connectivity index (χ4n) is 0.977. The quantitative estimate of drug-likeness (QED) is 0.287. The highest BCUT2D eigenvalue weighted by atomic mass is 127. The molecule has 0 aliphatic rings. The fraction of sp³-hybridized carbons (Fsp3) is 0.182. The van der Waals surface area contributed by atoms with Crippen molar-refractivity contribution < 1.29 is 19.7 Å². The van der Waals surface area contributed by atoms with E-state index in [4.69, 9.17) is 14.9 Å². The molecule has 0 aliphatic heterocycles. The summed E-state index contributed by atoms with van der Waals surface area (Å²) in [5, 5.41) is 18.3. The van der Waals surface area contributed by atoms with Crippen LogP contribution in [0.5, 0.6) is 17.2 Å². The Labute approximate surface area is 108 Å². The number of esters is 1. The summed E-state index contributed by atoms with van der Waals surface area (Å²) in [5.74, 6) is -0.955. The molecule has 0 atom stereocenters. The van der Waals surface area contributed by atoms with Gasteiger partial charge in [-0.25, -0.2) is 0 Å². The third-order valence-corrected chi connectivity index (χ3v) is 1.58. The SMILES string of the molecule is C=Cc1cc(O)c(O)cc1OC(C)=O.CI. The summed E-state index contributed by atoms with van der Waals surface area (Å²) < 4.78 is 4.79. The second kappa shape index (κ2) is 7.10. The van der Waals surface area contributed by atoms with E-state index in [9.17, 15) is 4.79 Å². The first-order chi connectivity index (χ1) is 7.54. The van der Waals surface area contributed by atoms with Crippen molar-refractivity contribution in [2.24, 2.45) is 0 Å². The lowest BCUT2D eigenvalue weighted by Crippen LogP contribution is -2.02. The molecule has 4 nitrogen and oxygen atoms in total. The molecule has 5 heteroatoms. The van der Waals surface area contributed by atoms with Gasteiger partial charge >= 0.3 is 5.97 Å². The molecule has 2 N–H and O–H groups in total. The highest BCUT2D eigenvalue weighted by Crippen LogP contribution is 2.33. The third kappa shape index (κ3) is 4.09. The van der Waals surface area contributed by atoms with Crippen molar-refractivity contribution in [2.75, 3.05) is 4.93 Å². The topological polar surface area (TPSA) is 66.8 Å². The Morgan fingerprint density at radius 2 is 1.88 bits per heavy atom. The number of carbonyl (C=O) groups excluding carboxylic acids is 1. The Hall–Kier alpha value is -1.24. The number of hydrogen-bond acceptors (Lipinski definition) is 4. The molecule has 0 unspecified atom stereocenters. The van der Waals surface area contributed by atoms with Crippen LogP contribution >= 0.6 is 22.6 Å². The Morgan fingerprint density at radius 1 is 1.38 bits per heavy atom. The largest absolute Gasteiger partial charge is 0.504 e. The van der Waals surface area contributed by atoms with Gasteiger partial charge < -0.3 is 14.9 Å². The lowest BCUT2D eigenvalue weighted by Gasteiger charge is -2.07. The van der Waals surface area contributed by atoms with Crippen LogP contribution in [-0.2, 0) is 4.79 Å². The van der Waals surface area contributed by atoms with Gasteiger partial charge in [-0.3, -0.25) is 4.79 Å². The molecular weight excluding hydrogens is 323 g/mol. The first-order valence-corrected chi connectivity index (χ1v) is 6.45. The van der Waals surface area contributed by atoms with Crippen molar-refractivity contribution in [1.82, 2.24) is 0 Å². The molecule has 0 aromatic heterocycles. The molecule has 1 aromatic rings. The van der Waals surface area contributed by atoms with Gasteiger partial charge in [-0.1, -0.05) is 35.2 Å². The molecule has 1 aromatic carbocycles. The highest BCUT2D eigenvalue weighted by molar-refractivity contribution is 14.1. The summed E-state index contributed by atoms with van der Waals surface area (Å²) in [4.78, 5) is 12.6. The number of rotatable bonds is 2. The summed E-state index contributed by atoms with van der Waals surface area (Å²) in [7, 11) is 0. The van der Waals surface area contributed by atoms with Crippen LogP contribution in [0.4, 0.5) is 0 Å². The van der Waals surface area contributed by atoms with E-state index in [1.165, 1.54) is 19.1 Å². The number of aromatic hydroxyl groups is 2. The molecule has 0 bridgehead atoms. The van der Waals surface area contributed by atoms with E-state index in [2.05, 4.69) is 29.2 Å². The number of halogens is 1. The predicted octanol–water partition coefficient (Wildman–Crippen LogP) is 2.72. The zero-order chi connectivity index (χ0) is 12.7. The average Bonchev–Trinajstić information content (AvgIpc) is 2.25. The van der Waals surface area contributed by atoms with E-state index in [1.54, 1.807) is 0 Å². The van der Waals surface area contributed by atoms with Crippen LogP contribution in [0.1, 0.15) is 12.5 Å². The van der Waals surface area contributed by atoms with E-state index in [0.29, 0.717) is 5.56 Å². The maximum atomic E-state index is 10.7. The molecule has 0 fully saturated rings. The smallest absolute Gasteiger partial charge is 0.308 e. The Kier molecular flexibility index (Phi) is 6.55.